The van der Waals surface area contributed by atoms with Crippen LogP contribution in [0.4, 0.5) is 19.0 Å². The number of benzene rings is 1. The number of carbonyl (C=O) groups excluding carboxylic acids is 1. The van der Waals surface area contributed by atoms with Crippen LogP contribution >= 0.6 is 0 Å². The van der Waals surface area contributed by atoms with Gasteiger partial charge in [0.2, 0.25) is 0 Å². The van der Waals surface area contributed by atoms with E-state index in [9.17, 15) is 27.9 Å². The number of likely N-dealkylation sites (tertiary alicyclic amines) is 1. The van der Waals surface area contributed by atoms with E-state index in [1.54, 1.807) is 43.7 Å². The van der Waals surface area contributed by atoms with Gasteiger partial charge in [0.15, 0.2) is 0 Å². The molecule has 4 heterocycles. The Morgan fingerprint density at radius 1 is 1.21 bits per heavy atom. The third-order valence-corrected chi connectivity index (χ3v) is 7.18. The number of amides is 1. The van der Waals surface area contributed by atoms with Crippen LogP contribution in [-0.4, -0.2) is 63.4 Å². The highest BCUT2D eigenvalue weighted by atomic mass is 19.4. The van der Waals surface area contributed by atoms with Crippen LogP contribution in [0.25, 0.3) is 5.70 Å². The van der Waals surface area contributed by atoms with Gasteiger partial charge in [-0.1, -0.05) is 12.1 Å². The molecule has 1 aromatic heterocycles. The largest absolute Gasteiger partial charge is 0.480 e. The first kappa shape index (κ1) is 26.2. The van der Waals surface area contributed by atoms with Gasteiger partial charge in [-0.2, -0.15) is 13.2 Å². The van der Waals surface area contributed by atoms with Gasteiger partial charge in [-0.05, 0) is 56.3 Å². The smallest absolute Gasteiger partial charge is 0.416 e. The van der Waals surface area contributed by atoms with Gasteiger partial charge in [0.05, 0.1) is 11.3 Å². The number of nitrogens with two attached hydrogens (primary N) is 1. The summed E-state index contributed by atoms with van der Waals surface area (Å²) >= 11 is 0. The molecule has 5 rings (SSSR count). The third kappa shape index (κ3) is 5.17. The van der Waals surface area contributed by atoms with E-state index in [0.29, 0.717) is 35.8 Å². The second-order valence-electron chi connectivity index (χ2n) is 9.61. The summed E-state index contributed by atoms with van der Waals surface area (Å²) < 4.78 is 38.9. The van der Waals surface area contributed by atoms with E-state index in [1.807, 2.05) is 9.80 Å². The molecule has 3 atom stereocenters. The molecule has 0 saturated carbocycles. The number of piperidine rings is 1. The van der Waals surface area contributed by atoms with E-state index in [0.717, 1.165) is 24.8 Å². The number of alkyl halides is 3. The molecule has 3 aliphatic heterocycles. The highest BCUT2D eigenvalue weighted by Gasteiger charge is 2.42. The van der Waals surface area contributed by atoms with Gasteiger partial charge >= 0.3 is 12.1 Å². The average Bonchev–Trinajstić information content (AvgIpc) is 3.29. The Bertz CT molecular complexity index is 1390. The molecular weight excluding hydrogens is 515 g/mol. The quantitative estimate of drug-likeness (QED) is 0.454. The molecular formula is C26H26F3N7O3. The summed E-state index contributed by atoms with van der Waals surface area (Å²) in [5.41, 5.74) is 7.60. The molecule has 0 bridgehead atoms. The number of fused-ring (bicyclic) bond motifs is 1. The molecule has 1 amide bonds. The van der Waals surface area contributed by atoms with Crippen molar-refractivity contribution in [3.8, 4) is 0 Å². The van der Waals surface area contributed by atoms with E-state index in [2.05, 4.69) is 20.6 Å². The first-order chi connectivity index (χ1) is 18.5. The maximum Gasteiger partial charge on any atom is 0.416 e. The van der Waals surface area contributed by atoms with Crippen LogP contribution in [0.15, 0.2) is 65.7 Å². The Kier molecular flexibility index (Phi) is 6.76. The zero-order chi connectivity index (χ0) is 27.9. The number of aromatic nitrogens is 1. The maximum absolute atomic E-state index is 13.0. The van der Waals surface area contributed by atoms with Gasteiger partial charge in [-0.25, -0.2) is 9.98 Å². The monoisotopic (exact) mass is 541 g/mol. The molecule has 10 nitrogen and oxygen atoms in total. The summed E-state index contributed by atoms with van der Waals surface area (Å²) in [6, 6.07) is 7.50. The van der Waals surface area contributed by atoms with Gasteiger partial charge in [0.1, 0.15) is 29.6 Å². The Hall–Kier alpha value is -4.39. The highest BCUT2D eigenvalue weighted by molar-refractivity contribution is 6.06. The SMILES string of the molecule is CN1CCC(C2NC(c3ccc(C(=O)Nc4cc(C(F)(F)F)ccn4)cc3)=C3C(N)=NC=CN32)C[C@H]1C(=O)O. The second kappa shape index (κ2) is 10.1. The molecule has 1 saturated heterocycles. The molecule has 5 N–H and O–H groups in total. The van der Waals surface area contributed by atoms with Crippen LogP contribution in [0, 0.1) is 5.92 Å². The van der Waals surface area contributed by atoms with E-state index in [-0.39, 0.29) is 23.5 Å². The second-order valence-corrected chi connectivity index (χ2v) is 9.61. The molecule has 0 radical (unpaired) electrons. The lowest BCUT2D eigenvalue weighted by molar-refractivity contribution is -0.145. The predicted molar refractivity (Wildman–Crippen MR) is 137 cm³/mol. The van der Waals surface area contributed by atoms with Crippen molar-refractivity contribution in [2.75, 3.05) is 18.9 Å². The van der Waals surface area contributed by atoms with Crippen LogP contribution in [0.5, 0.6) is 0 Å². The molecule has 1 aromatic carbocycles. The lowest BCUT2D eigenvalue weighted by Crippen LogP contribution is -2.52. The van der Waals surface area contributed by atoms with Gasteiger partial charge < -0.3 is 26.4 Å². The van der Waals surface area contributed by atoms with Crippen LogP contribution in [0.2, 0.25) is 0 Å². The molecule has 2 aromatic rings. The van der Waals surface area contributed by atoms with Crippen molar-refractivity contribution in [2.24, 2.45) is 16.6 Å². The number of pyridine rings is 1. The lowest BCUT2D eigenvalue weighted by atomic mass is 9.88. The fourth-order valence-corrected chi connectivity index (χ4v) is 5.13. The number of likely N-dealkylation sites (N-methyl/N-ethyl adjacent to an activating group) is 1. The van der Waals surface area contributed by atoms with E-state index in [4.69, 9.17) is 5.73 Å². The van der Waals surface area contributed by atoms with Gasteiger partial charge in [-0.3, -0.25) is 14.5 Å². The minimum absolute atomic E-state index is 0.00960. The average molecular weight is 542 g/mol. The summed E-state index contributed by atoms with van der Waals surface area (Å²) in [4.78, 5) is 36.3. The standard InChI is InChI=1S/C26H26F3N7O3/c1-35-10-7-16(12-18(35)25(38)39)23-34-20(21-22(30)32-9-11-36(21)23)14-2-4-15(5-3-14)24(37)33-19-13-17(6-8-31-19)26(27,28)29/h2-6,8-9,11,13,16,18,23,34H,7,10,12H2,1H3,(H2,30,32)(H,38,39)(H,31,33,37)/t16?,18-,23?/m0/s1. The topological polar surface area (TPSA) is 136 Å². The number of halogens is 3. The number of anilines is 1. The van der Waals surface area contributed by atoms with E-state index >= 15 is 0 Å². The number of carbonyl (C=O) groups is 2. The molecule has 0 spiro atoms. The Balaban J connectivity index is 1.36. The molecule has 1 fully saturated rings. The summed E-state index contributed by atoms with van der Waals surface area (Å²) in [7, 11) is 1.80. The third-order valence-electron chi connectivity index (χ3n) is 7.18. The van der Waals surface area contributed by atoms with Gasteiger partial charge in [-0.15, -0.1) is 0 Å². The summed E-state index contributed by atoms with van der Waals surface area (Å²) in [5, 5.41) is 15.6. The van der Waals surface area contributed by atoms with Crippen molar-refractivity contribution in [3.05, 3.63) is 77.4 Å². The number of rotatable bonds is 5. The maximum atomic E-state index is 13.0. The summed E-state index contributed by atoms with van der Waals surface area (Å²) in [6.45, 7) is 0.635. The number of carboxylic acid groups (broad SMARTS) is 1. The van der Waals surface area contributed by atoms with Crippen molar-refractivity contribution in [3.63, 3.8) is 0 Å². The highest BCUT2D eigenvalue weighted by Crippen LogP contribution is 2.37. The zero-order valence-corrected chi connectivity index (χ0v) is 20.8. The molecule has 2 unspecified atom stereocenters. The molecule has 39 heavy (non-hydrogen) atoms. The molecule has 204 valence electrons. The predicted octanol–water partition coefficient (Wildman–Crippen LogP) is 2.89. The van der Waals surface area contributed by atoms with Crippen LogP contribution in [0.3, 0.4) is 0 Å². The number of nitrogens with one attached hydrogen (secondary N) is 2. The van der Waals surface area contributed by atoms with E-state index in [1.165, 1.54) is 0 Å². The Morgan fingerprint density at radius 2 is 1.95 bits per heavy atom. The van der Waals surface area contributed by atoms with Crippen molar-refractivity contribution in [1.82, 2.24) is 20.1 Å². The van der Waals surface area contributed by atoms with E-state index < -0.39 is 29.7 Å². The first-order valence-corrected chi connectivity index (χ1v) is 12.2. The number of amidine groups is 1. The van der Waals surface area contributed by atoms with Crippen LogP contribution in [-0.2, 0) is 11.0 Å². The van der Waals surface area contributed by atoms with Crippen molar-refractivity contribution in [1.29, 1.82) is 0 Å². The number of hydrogen-bond acceptors (Lipinski definition) is 8. The molecule has 0 aliphatic carbocycles. The minimum atomic E-state index is -4.56. The van der Waals surface area contributed by atoms with Crippen molar-refractivity contribution in [2.45, 2.75) is 31.2 Å². The first-order valence-electron chi connectivity index (χ1n) is 12.2. The van der Waals surface area contributed by atoms with Crippen LogP contribution < -0.4 is 16.4 Å². The van der Waals surface area contributed by atoms with Crippen molar-refractivity contribution >= 4 is 29.2 Å². The summed E-state index contributed by atoms with van der Waals surface area (Å²) in [6.07, 6.45) is 0.809. The lowest BCUT2D eigenvalue weighted by Gasteiger charge is -2.40. The number of aliphatic imine (C=N–C) groups is 1. The van der Waals surface area contributed by atoms with Crippen LogP contribution in [0.1, 0.15) is 34.3 Å². The number of carboxylic acids is 1. The zero-order valence-electron chi connectivity index (χ0n) is 20.8. The number of nitrogens with zero attached hydrogens (tertiary/aromatic N) is 4. The molecule has 13 heteroatoms. The normalized spacial score (nSPS) is 23.2. The fraction of sp³-hybridized carbons (Fsp3) is 0.308. The van der Waals surface area contributed by atoms with Gasteiger partial charge in [0.25, 0.3) is 5.91 Å². The number of hydrogen-bond donors (Lipinski definition) is 4. The fourth-order valence-electron chi connectivity index (χ4n) is 5.13. The van der Waals surface area contributed by atoms with Crippen molar-refractivity contribution < 1.29 is 27.9 Å². The number of aliphatic carboxylic acids is 1. The minimum Gasteiger partial charge on any atom is -0.480 e. The Morgan fingerprint density at radius 3 is 2.64 bits per heavy atom. The molecule has 3 aliphatic rings. The summed E-state index contributed by atoms with van der Waals surface area (Å²) in [5.74, 6) is -1.38. The Labute approximate surface area is 221 Å². The van der Waals surface area contributed by atoms with Gasteiger partial charge in [0, 0.05) is 30.1 Å².